The van der Waals surface area contributed by atoms with Crippen LogP contribution in [0.1, 0.15) is 81.8 Å². The van der Waals surface area contributed by atoms with Gasteiger partial charge < -0.3 is 19.6 Å². The third-order valence-corrected chi connectivity index (χ3v) is 8.51. The highest BCUT2D eigenvalue weighted by Crippen LogP contribution is 2.41. The summed E-state index contributed by atoms with van der Waals surface area (Å²) in [7, 11) is 0. The van der Waals surface area contributed by atoms with Gasteiger partial charge in [0.15, 0.2) is 0 Å². The zero-order valence-corrected chi connectivity index (χ0v) is 23.9. The van der Waals surface area contributed by atoms with Crippen LogP contribution in [0.5, 0.6) is 0 Å². The molecule has 0 atom stereocenters. The monoisotopic (exact) mass is 541 g/mol. The summed E-state index contributed by atoms with van der Waals surface area (Å²) >= 11 is 0. The maximum Gasteiger partial charge on any atom is 0.303 e. The van der Waals surface area contributed by atoms with Crippen molar-refractivity contribution in [2.75, 3.05) is 6.54 Å². The maximum absolute atomic E-state index is 13.2. The summed E-state index contributed by atoms with van der Waals surface area (Å²) in [4.78, 5) is 23.8. The van der Waals surface area contributed by atoms with Gasteiger partial charge in [-0.3, -0.25) is 9.59 Å². The molecule has 0 spiro atoms. The smallest absolute Gasteiger partial charge is 0.303 e. The average molecular weight is 542 g/mol. The molecule has 0 saturated carbocycles. The number of aliphatic carboxylic acids is 1. The van der Waals surface area contributed by atoms with Crippen LogP contribution in [0.15, 0.2) is 48.5 Å². The second-order valence-electron chi connectivity index (χ2n) is 11.3. The van der Waals surface area contributed by atoms with Crippen molar-refractivity contribution in [1.29, 1.82) is 0 Å². The summed E-state index contributed by atoms with van der Waals surface area (Å²) in [6.45, 7) is 4.89. The van der Waals surface area contributed by atoms with E-state index < -0.39 is 5.97 Å². The van der Waals surface area contributed by atoms with Crippen LogP contribution in [-0.4, -0.2) is 32.7 Å². The van der Waals surface area contributed by atoms with Crippen LogP contribution in [-0.2, 0) is 29.1 Å². The van der Waals surface area contributed by atoms with Gasteiger partial charge in [-0.15, -0.1) is 0 Å². The molecule has 1 amide bonds. The Morgan fingerprint density at radius 3 is 1.98 bits per heavy atom. The fourth-order valence-electron chi connectivity index (χ4n) is 6.55. The lowest BCUT2D eigenvalue weighted by atomic mass is 10.0. The fourth-order valence-corrected chi connectivity index (χ4v) is 6.55. The van der Waals surface area contributed by atoms with Gasteiger partial charge in [-0.2, -0.15) is 0 Å². The van der Waals surface area contributed by atoms with Gasteiger partial charge in [-0.1, -0.05) is 81.3 Å². The molecule has 4 aromatic rings. The Kier molecular flexibility index (Phi) is 9.25. The SMILES string of the molecule is Cc1c2n(c3ccccc13)CCCn1c-2c(CC(=O)NCCCCCCCCCCCC(=O)O)c2ccccc21. The Bertz CT molecular complexity index is 1480. The molecule has 2 aromatic heterocycles. The van der Waals surface area contributed by atoms with E-state index in [0.29, 0.717) is 12.8 Å². The van der Waals surface area contributed by atoms with Crippen molar-refractivity contribution in [3.05, 3.63) is 59.7 Å². The number of carbonyl (C=O) groups excluding carboxylic acids is 1. The fraction of sp³-hybridized carbons (Fsp3) is 0.471. The van der Waals surface area contributed by atoms with Gasteiger partial charge in [0.25, 0.3) is 0 Å². The summed E-state index contributed by atoms with van der Waals surface area (Å²) in [5.74, 6) is -0.590. The number of benzene rings is 2. The number of nitrogens with one attached hydrogen (secondary N) is 1. The van der Waals surface area contributed by atoms with E-state index in [9.17, 15) is 9.59 Å². The standard InChI is InChI=1S/C34H43N3O3/c1-25-26-16-10-12-18-29(26)36-22-15-23-37-30-19-13-11-17-27(30)28(34(37)33(25)36)24-31(38)35-21-14-8-6-4-2-3-5-7-9-20-32(39)40/h10-13,16-19H,2-9,14-15,20-24H2,1H3,(H,35,38)(H,39,40). The first kappa shape index (κ1) is 28.0. The van der Waals surface area contributed by atoms with Gasteiger partial charge in [0.1, 0.15) is 0 Å². The highest BCUT2D eigenvalue weighted by atomic mass is 16.4. The highest BCUT2D eigenvalue weighted by Gasteiger charge is 2.27. The number of aryl methyl sites for hydroxylation is 3. The molecule has 1 aliphatic rings. The quantitative estimate of drug-likeness (QED) is 0.161. The minimum absolute atomic E-state index is 0.102. The van der Waals surface area contributed by atoms with Crippen LogP contribution < -0.4 is 5.32 Å². The van der Waals surface area contributed by atoms with Gasteiger partial charge in [0.05, 0.1) is 17.8 Å². The predicted molar refractivity (Wildman–Crippen MR) is 163 cm³/mol. The van der Waals surface area contributed by atoms with Crippen LogP contribution in [0, 0.1) is 6.92 Å². The Morgan fingerprint density at radius 2 is 1.30 bits per heavy atom. The van der Waals surface area contributed by atoms with Crippen molar-refractivity contribution >= 4 is 33.7 Å². The summed E-state index contributed by atoms with van der Waals surface area (Å²) in [6.07, 6.45) is 11.6. The average Bonchev–Trinajstić information content (AvgIpc) is 3.30. The number of carboxylic acid groups (broad SMARTS) is 1. The topological polar surface area (TPSA) is 76.3 Å². The molecule has 3 heterocycles. The molecule has 0 aliphatic carbocycles. The van der Waals surface area contributed by atoms with Gasteiger partial charge in [-0.05, 0) is 49.4 Å². The number of carbonyl (C=O) groups is 2. The normalized spacial score (nSPS) is 12.8. The van der Waals surface area contributed by atoms with Crippen LogP contribution in [0.4, 0.5) is 0 Å². The van der Waals surface area contributed by atoms with Crippen LogP contribution in [0.2, 0.25) is 0 Å². The summed E-state index contributed by atoms with van der Waals surface area (Å²) in [6, 6.07) is 17.2. The van der Waals surface area contributed by atoms with Gasteiger partial charge in [0, 0.05) is 47.9 Å². The minimum atomic E-state index is -0.692. The zero-order chi connectivity index (χ0) is 27.9. The Balaban J connectivity index is 1.19. The van der Waals surface area contributed by atoms with Crippen molar-refractivity contribution in [3.63, 3.8) is 0 Å². The number of aromatic nitrogens is 2. The molecule has 5 rings (SSSR count). The molecule has 0 bridgehead atoms. The third-order valence-electron chi connectivity index (χ3n) is 8.51. The number of amides is 1. The van der Waals surface area contributed by atoms with Crippen LogP contribution in [0.25, 0.3) is 33.2 Å². The molecule has 0 saturated heterocycles. The van der Waals surface area contributed by atoms with Gasteiger partial charge >= 0.3 is 5.97 Å². The van der Waals surface area contributed by atoms with Crippen LogP contribution >= 0.6 is 0 Å². The third kappa shape index (κ3) is 6.11. The lowest BCUT2D eigenvalue weighted by molar-refractivity contribution is -0.137. The molecule has 0 unspecified atom stereocenters. The Hall–Kier alpha value is -3.54. The highest BCUT2D eigenvalue weighted by molar-refractivity contribution is 5.99. The van der Waals surface area contributed by atoms with E-state index in [2.05, 4.69) is 69.9 Å². The Morgan fingerprint density at radius 1 is 0.750 bits per heavy atom. The largest absolute Gasteiger partial charge is 0.481 e. The first-order chi connectivity index (χ1) is 19.6. The van der Waals surface area contributed by atoms with Crippen molar-refractivity contribution in [1.82, 2.24) is 14.5 Å². The number of unbranched alkanes of at least 4 members (excludes halogenated alkanes) is 8. The molecule has 2 N–H and O–H groups in total. The van der Waals surface area contributed by atoms with E-state index in [1.165, 1.54) is 64.4 Å². The molecular formula is C34H43N3O3. The molecule has 6 heteroatoms. The van der Waals surface area contributed by atoms with E-state index >= 15 is 0 Å². The molecule has 0 radical (unpaired) electrons. The number of carboxylic acids is 1. The molecular weight excluding hydrogens is 498 g/mol. The first-order valence-electron chi connectivity index (χ1n) is 15.2. The van der Waals surface area contributed by atoms with Crippen molar-refractivity contribution in [2.24, 2.45) is 0 Å². The molecule has 212 valence electrons. The predicted octanol–water partition coefficient (Wildman–Crippen LogP) is 7.62. The van der Waals surface area contributed by atoms with Gasteiger partial charge in [-0.25, -0.2) is 0 Å². The number of hydrogen-bond donors (Lipinski definition) is 2. The van der Waals surface area contributed by atoms with E-state index in [1.807, 2.05) is 0 Å². The second-order valence-corrected chi connectivity index (χ2v) is 11.3. The van der Waals surface area contributed by atoms with Gasteiger partial charge in [0.2, 0.25) is 5.91 Å². The number of fused-ring (bicyclic) bond motifs is 7. The lowest BCUT2D eigenvalue weighted by Gasteiger charge is -2.12. The summed E-state index contributed by atoms with van der Waals surface area (Å²) in [5, 5.41) is 14.4. The van der Waals surface area contributed by atoms with E-state index in [0.717, 1.165) is 63.7 Å². The molecule has 2 aromatic carbocycles. The number of hydrogen-bond acceptors (Lipinski definition) is 2. The molecule has 6 nitrogen and oxygen atoms in total. The number of rotatable bonds is 14. The molecule has 40 heavy (non-hydrogen) atoms. The van der Waals surface area contributed by atoms with E-state index in [-0.39, 0.29) is 5.91 Å². The van der Waals surface area contributed by atoms with Crippen LogP contribution in [0.3, 0.4) is 0 Å². The second kappa shape index (κ2) is 13.2. The summed E-state index contributed by atoms with van der Waals surface area (Å²) < 4.78 is 4.93. The summed E-state index contributed by atoms with van der Waals surface area (Å²) in [5.41, 5.74) is 7.42. The number of nitrogens with zero attached hydrogens (tertiary/aromatic N) is 2. The zero-order valence-electron chi connectivity index (χ0n) is 23.9. The lowest BCUT2D eigenvalue weighted by Crippen LogP contribution is -2.26. The van der Waals surface area contributed by atoms with Crippen molar-refractivity contribution in [2.45, 2.75) is 97.1 Å². The maximum atomic E-state index is 13.2. The van der Waals surface area contributed by atoms with Crippen molar-refractivity contribution in [3.8, 4) is 11.4 Å². The molecule has 0 fully saturated rings. The minimum Gasteiger partial charge on any atom is -0.481 e. The Labute approximate surface area is 237 Å². The molecule has 1 aliphatic heterocycles. The van der Waals surface area contributed by atoms with E-state index in [4.69, 9.17) is 5.11 Å². The van der Waals surface area contributed by atoms with E-state index in [1.54, 1.807) is 0 Å². The number of para-hydroxylation sites is 2. The first-order valence-corrected chi connectivity index (χ1v) is 15.2. The van der Waals surface area contributed by atoms with Crippen molar-refractivity contribution < 1.29 is 14.7 Å².